The van der Waals surface area contributed by atoms with E-state index in [4.69, 9.17) is 22.7 Å². The van der Waals surface area contributed by atoms with Gasteiger partial charge in [0.1, 0.15) is 16.8 Å². The number of anilines is 2. The third-order valence-corrected chi connectivity index (χ3v) is 4.90. The molecule has 1 heterocycles. The van der Waals surface area contributed by atoms with Gasteiger partial charge >= 0.3 is 0 Å². The van der Waals surface area contributed by atoms with Crippen LogP contribution in [0, 0.1) is 11.3 Å². The van der Waals surface area contributed by atoms with Gasteiger partial charge in [-0.05, 0) is 42.0 Å². The predicted octanol–water partition coefficient (Wildman–Crippen LogP) is 3.21. The van der Waals surface area contributed by atoms with Crippen LogP contribution in [0.3, 0.4) is 0 Å². The van der Waals surface area contributed by atoms with E-state index < -0.39 is 0 Å². The van der Waals surface area contributed by atoms with Crippen LogP contribution < -0.4 is 20.3 Å². The van der Waals surface area contributed by atoms with Crippen LogP contribution in [-0.2, 0) is 0 Å². The summed E-state index contributed by atoms with van der Waals surface area (Å²) in [4.78, 5) is 4.82. The average molecular weight is 379 g/mol. The zero-order valence-corrected chi connectivity index (χ0v) is 16.1. The molecule has 6 heteroatoms. The van der Waals surface area contributed by atoms with E-state index in [1.165, 1.54) is 5.69 Å². The molecule has 0 unspecified atom stereocenters. The number of benzene rings is 2. The summed E-state index contributed by atoms with van der Waals surface area (Å²) in [7, 11) is 1.68. The maximum Gasteiger partial charge on any atom is 0.119 e. The molecular weight excluding hydrogens is 356 g/mol. The second-order valence-corrected chi connectivity index (χ2v) is 6.70. The Labute approximate surface area is 165 Å². The van der Waals surface area contributed by atoms with Crippen molar-refractivity contribution in [3.63, 3.8) is 0 Å². The fraction of sp³-hybridized carbons (Fsp3) is 0.238. The molecule has 2 aromatic rings. The van der Waals surface area contributed by atoms with Crippen LogP contribution in [0.1, 0.15) is 5.56 Å². The highest BCUT2D eigenvalue weighted by Gasteiger charge is 2.19. The number of ether oxygens (including phenoxy) is 1. The van der Waals surface area contributed by atoms with Gasteiger partial charge in [-0.1, -0.05) is 30.4 Å². The Morgan fingerprint density at radius 1 is 1.07 bits per heavy atom. The predicted molar refractivity (Wildman–Crippen MR) is 114 cm³/mol. The van der Waals surface area contributed by atoms with E-state index in [-0.39, 0.29) is 4.99 Å². The molecule has 0 saturated carbocycles. The Morgan fingerprint density at radius 3 is 2.30 bits per heavy atom. The van der Waals surface area contributed by atoms with Crippen molar-refractivity contribution in [2.45, 2.75) is 0 Å². The van der Waals surface area contributed by atoms with Crippen LogP contribution in [0.4, 0.5) is 11.4 Å². The van der Waals surface area contributed by atoms with E-state index in [2.05, 4.69) is 34.1 Å². The van der Waals surface area contributed by atoms with Crippen LogP contribution in [0.5, 0.6) is 5.75 Å². The zero-order valence-electron chi connectivity index (χ0n) is 15.3. The van der Waals surface area contributed by atoms with Crippen molar-refractivity contribution in [3.05, 3.63) is 59.7 Å². The van der Waals surface area contributed by atoms with Gasteiger partial charge in [0.05, 0.1) is 12.7 Å². The van der Waals surface area contributed by atoms with E-state index in [1.54, 1.807) is 13.2 Å². The quantitative estimate of drug-likeness (QED) is 0.490. The van der Waals surface area contributed by atoms with Gasteiger partial charge in [-0.3, -0.25) is 0 Å². The molecule has 0 aliphatic carbocycles. The second-order valence-electron chi connectivity index (χ2n) is 6.27. The second kappa shape index (κ2) is 8.56. The number of hydrogen-bond donors (Lipinski definition) is 1. The molecule has 1 saturated heterocycles. The first kappa shape index (κ1) is 18.7. The van der Waals surface area contributed by atoms with E-state index in [1.807, 2.05) is 30.3 Å². The average Bonchev–Trinajstić information content (AvgIpc) is 2.72. The van der Waals surface area contributed by atoms with Crippen LogP contribution in [0.2, 0.25) is 0 Å². The van der Waals surface area contributed by atoms with Gasteiger partial charge in [0.2, 0.25) is 0 Å². The summed E-state index contributed by atoms with van der Waals surface area (Å²) in [5.74, 6) is 0.865. The highest BCUT2D eigenvalue weighted by Crippen LogP contribution is 2.26. The number of nitrogens with zero attached hydrogens (tertiary/aromatic N) is 3. The molecule has 0 amide bonds. The van der Waals surface area contributed by atoms with E-state index in [0.717, 1.165) is 43.2 Å². The minimum absolute atomic E-state index is 0.122. The summed E-state index contributed by atoms with van der Waals surface area (Å²) < 4.78 is 5.23. The molecule has 0 atom stereocenters. The zero-order chi connectivity index (χ0) is 19.2. The molecule has 138 valence electrons. The third-order valence-electron chi connectivity index (χ3n) is 4.68. The van der Waals surface area contributed by atoms with Crippen molar-refractivity contribution in [1.29, 1.82) is 5.26 Å². The molecule has 1 aliphatic rings. The van der Waals surface area contributed by atoms with Gasteiger partial charge in [0, 0.05) is 37.6 Å². The molecule has 0 bridgehead atoms. The molecule has 3 rings (SSSR count). The first-order chi connectivity index (χ1) is 13.1. The highest BCUT2D eigenvalue weighted by molar-refractivity contribution is 7.80. The highest BCUT2D eigenvalue weighted by atomic mass is 32.1. The summed E-state index contributed by atoms with van der Waals surface area (Å²) in [5.41, 5.74) is 9.22. The largest absolute Gasteiger partial charge is 0.497 e. The number of piperazine rings is 1. The van der Waals surface area contributed by atoms with Crippen molar-refractivity contribution in [2.75, 3.05) is 43.1 Å². The Bertz CT molecular complexity index is 878. The van der Waals surface area contributed by atoms with Crippen molar-refractivity contribution < 1.29 is 4.74 Å². The SMILES string of the molecule is COc1ccc(N2CCN(c3ccccc3C=C(C#N)C(N)=S)CC2)cc1. The van der Waals surface area contributed by atoms with Gasteiger partial charge in [0.15, 0.2) is 0 Å². The monoisotopic (exact) mass is 378 g/mol. The van der Waals surface area contributed by atoms with Gasteiger partial charge in [-0.15, -0.1) is 0 Å². The first-order valence-corrected chi connectivity index (χ1v) is 9.18. The van der Waals surface area contributed by atoms with Crippen molar-refractivity contribution in [2.24, 2.45) is 5.73 Å². The summed E-state index contributed by atoms with van der Waals surface area (Å²) in [6.07, 6.45) is 1.77. The van der Waals surface area contributed by atoms with Crippen LogP contribution in [0.25, 0.3) is 6.08 Å². The van der Waals surface area contributed by atoms with Gasteiger partial charge < -0.3 is 20.3 Å². The topological polar surface area (TPSA) is 65.5 Å². The molecule has 5 nitrogen and oxygen atoms in total. The molecule has 0 aromatic heterocycles. The number of hydrogen-bond acceptors (Lipinski definition) is 5. The van der Waals surface area contributed by atoms with Crippen LogP contribution in [-0.4, -0.2) is 38.3 Å². The van der Waals surface area contributed by atoms with E-state index in [9.17, 15) is 5.26 Å². The molecule has 1 fully saturated rings. The van der Waals surface area contributed by atoms with Gasteiger partial charge in [-0.25, -0.2) is 0 Å². The third kappa shape index (κ3) is 4.39. The molecule has 0 spiro atoms. The molecule has 1 aliphatic heterocycles. The maximum atomic E-state index is 9.24. The number of nitrogens with two attached hydrogens (primary N) is 1. The maximum absolute atomic E-state index is 9.24. The minimum atomic E-state index is 0.122. The van der Waals surface area contributed by atoms with E-state index >= 15 is 0 Å². The smallest absolute Gasteiger partial charge is 0.119 e. The standard InChI is InChI=1S/C21H22N4OS/c1-26-19-8-6-18(7-9-19)24-10-12-25(13-11-24)20-5-3-2-4-16(20)14-17(15-22)21(23)27/h2-9,14H,10-13H2,1H3,(H2,23,27). The lowest BCUT2D eigenvalue weighted by Crippen LogP contribution is -2.46. The van der Waals surface area contributed by atoms with Crippen molar-refractivity contribution in [1.82, 2.24) is 0 Å². The summed E-state index contributed by atoms with van der Waals surface area (Å²) >= 11 is 4.96. The number of para-hydroxylation sites is 1. The Balaban J connectivity index is 1.75. The Hall–Kier alpha value is -3.04. The Morgan fingerprint density at radius 2 is 1.70 bits per heavy atom. The summed E-state index contributed by atoms with van der Waals surface area (Å²) in [6.45, 7) is 3.63. The molecule has 2 aromatic carbocycles. The molecular formula is C21H22N4OS. The number of thiocarbonyl (C=S) groups is 1. The normalized spacial score (nSPS) is 14.6. The van der Waals surface area contributed by atoms with Crippen LogP contribution >= 0.6 is 12.2 Å². The molecule has 27 heavy (non-hydrogen) atoms. The van der Waals surface area contributed by atoms with Crippen molar-refractivity contribution in [3.8, 4) is 11.8 Å². The number of nitriles is 1. The number of rotatable bonds is 5. The first-order valence-electron chi connectivity index (χ1n) is 8.77. The molecule has 0 radical (unpaired) electrons. The van der Waals surface area contributed by atoms with Crippen LogP contribution in [0.15, 0.2) is 54.1 Å². The van der Waals surface area contributed by atoms with Crippen molar-refractivity contribution >= 4 is 34.7 Å². The fourth-order valence-electron chi connectivity index (χ4n) is 3.21. The minimum Gasteiger partial charge on any atom is -0.497 e. The Kier molecular flexibility index (Phi) is 5.94. The lowest BCUT2D eigenvalue weighted by atomic mass is 10.1. The lowest BCUT2D eigenvalue weighted by molar-refractivity contribution is 0.415. The van der Waals surface area contributed by atoms with Gasteiger partial charge in [-0.2, -0.15) is 5.26 Å². The fourth-order valence-corrected chi connectivity index (χ4v) is 3.31. The van der Waals surface area contributed by atoms with Gasteiger partial charge in [0.25, 0.3) is 0 Å². The molecule has 2 N–H and O–H groups in total. The lowest BCUT2D eigenvalue weighted by Gasteiger charge is -2.38. The summed E-state index contributed by atoms with van der Waals surface area (Å²) in [5, 5.41) is 9.24. The summed E-state index contributed by atoms with van der Waals surface area (Å²) in [6, 6.07) is 18.3. The van der Waals surface area contributed by atoms with E-state index in [0.29, 0.717) is 5.57 Å². The number of methoxy groups -OCH3 is 1.